The Morgan fingerprint density at radius 3 is 2.74 bits per heavy atom. The molecule has 2 aromatic heterocycles. The van der Waals surface area contributed by atoms with Crippen LogP contribution in [-0.4, -0.2) is 31.4 Å². The molecule has 0 aliphatic carbocycles. The summed E-state index contributed by atoms with van der Waals surface area (Å²) in [6, 6.07) is 10.7. The highest BCUT2D eigenvalue weighted by molar-refractivity contribution is 5.74. The van der Waals surface area contributed by atoms with Crippen molar-refractivity contribution in [3.8, 4) is 11.4 Å². The Bertz CT molecular complexity index is 722. The van der Waals surface area contributed by atoms with E-state index in [4.69, 9.17) is 5.11 Å². The van der Waals surface area contributed by atoms with Gasteiger partial charge >= 0.3 is 0 Å². The maximum atomic E-state index is 10.00. The first-order valence-corrected chi connectivity index (χ1v) is 6.03. The minimum atomic E-state index is -0.00306. The maximum Gasteiger partial charge on any atom is 0.164 e. The van der Waals surface area contributed by atoms with Crippen molar-refractivity contribution in [1.29, 1.82) is 0 Å². The predicted octanol–water partition coefficient (Wildman–Crippen LogP) is 1.66. The van der Waals surface area contributed by atoms with E-state index in [2.05, 4.69) is 9.97 Å². The van der Waals surface area contributed by atoms with Gasteiger partial charge in [-0.2, -0.15) is 0 Å². The smallest absolute Gasteiger partial charge is 0.164 e. The fourth-order valence-corrected chi connectivity index (χ4v) is 2.13. The van der Waals surface area contributed by atoms with Crippen LogP contribution in [0.3, 0.4) is 0 Å². The molecule has 5 nitrogen and oxygen atoms in total. The topological polar surface area (TPSA) is 71.2 Å². The number of rotatable bonds is 3. The van der Waals surface area contributed by atoms with Gasteiger partial charge in [0.25, 0.3) is 0 Å². The number of fused-ring (bicyclic) bond motifs is 1. The lowest BCUT2D eigenvalue weighted by Gasteiger charge is -2.09. The van der Waals surface area contributed by atoms with Crippen LogP contribution in [0.5, 0.6) is 5.75 Å². The van der Waals surface area contributed by atoms with Crippen molar-refractivity contribution in [3.05, 3.63) is 48.4 Å². The van der Waals surface area contributed by atoms with Gasteiger partial charge in [-0.05, 0) is 24.3 Å². The Kier molecular flexibility index (Phi) is 2.89. The van der Waals surface area contributed by atoms with Crippen LogP contribution >= 0.6 is 0 Å². The van der Waals surface area contributed by atoms with E-state index in [0.717, 1.165) is 5.52 Å². The molecule has 0 aliphatic rings. The molecule has 3 rings (SSSR count). The monoisotopic (exact) mass is 255 g/mol. The summed E-state index contributed by atoms with van der Waals surface area (Å²) in [4.78, 5) is 8.76. The molecule has 0 saturated heterocycles. The second-order valence-electron chi connectivity index (χ2n) is 4.17. The third-order valence-electron chi connectivity index (χ3n) is 2.94. The number of benzene rings is 1. The Hall–Kier alpha value is -2.40. The number of aromatic nitrogens is 3. The number of phenols is 1. The molecule has 0 saturated carbocycles. The van der Waals surface area contributed by atoms with E-state index < -0.39 is 0 Å². The molecule has 0 atom stereocenters. The molecule has 19 heavy (non-hydrogen) atoms. The van der Waals surface area contributed by atoms with Gasteiger partial charge < -0.3 is 10.2 Å². The highest BCUT2D eigenvalue weighted by Crippen LogP contribution is 2.26. The second kappa shape index (κ2) is 4.70. The molecule has 96 valence electrons. The van der Waals surface area contributed by atoms with Crippen LogP contribution in [-0.2, 0) is 6.42 Å². The number of pyridine rings is 1. The van der Waals surface area contributed by atoms with E-state index in [1.807, 2.05) is 18.2 Å². The van der Waals surface area contributed by atoms with E-state index in [9.17, 15) is 5.11 Å². The summed E-state index contributed by atoms with van der Waals surface area (Å²) in [6.07, 6.45) is 2.09. The average molecular weight is 255 g/mol. The maximum absolute atomic E-state index is 10.00. The van der Waals surface area contributed by atoms with Crippen LogP contribution in [0.4, 0.5) is 0 Å². The third-order valence-corrected chi connectivity index (χ3v) is 2.94. The summed E-state index contributed by atoms with van der Waals surface area (Å²) in [5, 5.41) is 19.1. The highest BCUT2D eigenvalue weighted by atomic mass is 16.3. The highest BCUT2D eigenvalue weighted by Gasteiger charge is 2.14. The van der Waals surface area contributed by atoms with E-state index in [1.165, 1.54) is 0 Å². The Morgan fingerprint density at radius 1 is 1.11 bits per heavy atom. The van der Waals surface area contributed by atoms with E-state index in [-0.39, 0.29) is 12.4 Å². The minimum absolute atomic E-state index is 0.00306. The van der Waals surface area contributed by atoms with Gasteiger partial charge in [0.05, 0.1) is 12.3 Å². The Morgan fingerprint density at radius 2 is 1.95 bits per heavy atom. The summed E-state index contributed by atoms with van der Waals surface area (Å²) in [6.45, 7) is -0.00306. The van der Waals surface area contributed by atoms with Crippen LogP contribution in [0.15, 0.2) is 42.6 Å². The van der Waals surface area contributed by atoms with Crippen molar-refractivity contribution in [2.24, 2.45) is 0 Å². The van der Waals surface area contributed by atoms with Crippen LogP contribution in [0, 0.1) is 0 Å². The van der Waals surface area contributed by atoms with Crippen LogP contribution < -0.4 is 0 Å². The SMILES string of the molecule is OCCc1nc2cccnc2n1-c1ccccc1O. The predicted molar refractivity (Wildman–Crippen MR) is 71.3 cm³/mol. The fourth-order valence-electron chi connectivity index (χ4n) is 2.13. The van der Waals surface area contributed by atoms with Crippen molar-refractivity contribution >= 4 is 11.2 Å². The molecule has 2 N–H and O–H groups in total. The summed E-state index contributed by atoms with van der Waals surface area (Å²) in [5.41, 5.74) is 2.04. The van der Waals surface area contributed by atoms with E-state index in [0.29, 0.717) is 23.6 Å². The molecule has 0 spiro atoms. The molecular weight excluding hydrogens is 242 g/mol. The normalized spacial score (nSPS) is 11.0. The number of hydrogen-bond acceptors (Lipinski definition) is 4. The van der Waals surface area contributed by atoms with Crippen molar-refractivity contribution in [2.45, 2.75) is 6.42 Å². The standard InChI is InChI=1S/C14H13N3O2/c18-9-7-13-16-10-4-3-8-15-14(10)17(13)11-5-1-2-6-12(11)19/h1-6,8,18-19H,7,9H2. The number of nitrogens with zero attached hydrogens (tertiary/aromatic N) is 3. The zero-order valence-electron chi connectivity index (χ0n) is 10.2. The van der Waals surface area contributed by atoms with Gasteiger partial charge in [0.15, 0.2) is 5.65 Å². The lowest BCUT2D eigenvalue weighted by Crippen LogP contribution is -2.04. The molecule has 3 aromatic rings. The molecule has 0 amide bonds. The third kappa shape index (κ3) is 1.94. The number of aromatic hydroxyl groups is 1. The molecule has 5 heteroatoms. The molecule has 1 aromatic carbocycles. The van der Waals surface area contributed by atoms with Gasteiger partial charge in [-0.25, -0.2) is 9.97 Å². The van der Waals surface area contributed by atoms with Gasteiger partial charge in [-0.1, -0.05) is 12.1 Å². The molecule has 0 fully saturated rings. The quantitative estimate of drug-likeness (QED) is 0.746. The first-order chi connectivity index (χ1) is 9.31. The summed E-state index contributed by atoms with van der Waals surface area (Å²) in [5.74, 6) is 0.837. The van der Waals surface area contributed by atoms with Crippen molar-refractivity contribution in [2.75, 3.05) is 6.61 Å². The number of imidazole rings is 1. The Labute approximate surface area is 109 Å². The van der Waals surface area contributed by atoms with Gasteiger partial charge in [0.2, 0.25) is 0 Å². The van der Waals surface area contributed by atoms with Crippen LogP contribution in [0.2, 0.25) is 0 Å². The summed E-state index contributed by atoms with van der Waals surface area (Å²) < 4.78 is 1.78. The van der Waals surface area contributed by atoms with E-state index >= 15 is 0 Å². The summed E-state index contributed by atoms with van der Waals surface area (Å²) in [7, 11) is 0. The lowest BCUT2D eigenvalue weighted by molar-refractivity contribution is 0.296. The minimum Gasteiger partial charge on any atom is -0.506 e. The first kappa shape index (κ1) is 11.7. The number of aliphatic hydroxyl groups is 1. The van der Waals surface area contributed by atoms with Crippen LogP contribution in [0.25, 0.3) is 16.9 Å². The fraction of sp³-hybridized carbons (Fsp3) is 0.143. The molecule has 0 bridgehead atoms. The second-order valence-corrected chi connectivity index (χ2v) is 4.17. The zero-order valence-corrected chi connectivity index (χ0v) is 10.2. The number of aliphatic hydroxyl groups excluding tert-OH is 1. The molecule has 0 aliphatic heterocycles. The number of para-hydroxylation sites is 2. The largest absolute Gasteiger partial charge is 0.506 e. The van der Waals surface area contributed by atoms with Crippen molar-refractivity contribution in [3.63, 3.8) is 0 Å². The lowest BCUT2D eigenvalue weighted by atomic mass is 10.2. The molecule has 0 radical (unpaired) electrons. The van der Waals surface area contributed by atoms with Crippen molar-refractivity contribution in [1.82, 2.24) is 14.5 Å². The zero-order chi connectivity index (χ0) is 13.2. The number of phenolic OH excluding ortho intramolecular Hbond substituents is 1. The van der Waals surface area contributed by atoms with E-state index in [1.54, 1.807) is 29.0 Å². The van der Waals surface area contributed by atoms with Gasteiger partial charge in [0.1, 0.15) is 17.1 Å². The van der Waals surface area contributed by atoms with Gasteiger partial charge in [0, 0.05) is 12.6 Å². The van der Waals surface area contributed by atoms with Gasteiger partial charge in [-0.3, -0.25) is 4.57 Å². The first-order valence-electron chi connectivity index (χ1n) is 6.03. The molecule has 2 heterocycles. The molecule has 0 unspecified atom stereocenters. The summed E-state index contributed by atoms with van der Waals surface area (Å²) >= 11 is 0. The van der Waals surface area contributed by atoms with Crippen molar-refractivity contribution < 1.29 is 10.2 Å². The van der Waals surface area contributed by atoms with Gasteiger partial charge in [-0.15, -0.1) is 0 Å². The number of hydrogen-bond donors (Lipinski definition) is 2. The van der Waals surface area contributed by atoms with Crippen LogP contribution in [0.1, 0.15) is 5.82 Å². The average Bonchev–Trinajstić information content (AvgIpc) is 2.78. The Balaban J connectivity index is 2.31. The molecular formula is C14H13N3O2.